The summed E-state index contributed by atoms with van der Waals surface area (Å²) in [7, 11) is 0. The van der Waals surface area contributed by atoms with Gasteiger partial charge >= 0.3 is 5.97 Å². The summed E-state index contributed by atoms with van der Waals surface area (Å²) >= 11 is 0. The highest BCUT2D eigenvalue weighted by Gasteiger charge is 2.37. The first-order valence-electron chi connectivity index (χ1n) is 6.04. The maximum Gasteiger partial charge on any atom is 0.321 e. The summed E-state index contributed by atoms with van der Waals surface area (Å²) in [5.74, 6) is 1.40. The van der Waals surface area contributed by atoms with Gasteiger partial charge in [-0.3, -0.25) is 4.79 Å². The van der Waals surface area contributed by atoms with Crippen LogP contribution in [0, 0.1) is 5.92 Å². The van der Waals surface area contributed by atoms with E-state index >= 15 is 0 Å². The monoisotopic (exact) mass is 238 g/mol. The number of rotatable bonds is 5. The van der Waals surface area contributed by atoms with Crippen LogP contribution < -0.4 is 0 Å². The van der Waals surface area contributed by atoms with Crippen molar-refractivity contribution < 1.29 is 14.1 Å². The van der Waals surface area contributed by atoms with Gasteiger partial charge in [0.1, 0.15) is 5.41 Å². The zero-order valence-corrected chi connectivity index (χ0v) is 10.5. The summed E-state index contributed by atoms with van der Waals surface area (Å²) in [6, 6.07) is 0. The van der Waals surface area contributed by atoms with Crippen molar-refractivity contribution in [3.8, 4) is 0 Å². The molecule has 1 aromatic rings. The third kappa shape index (κ3) is 2.65. The molecule has 0 radical (unpaired) electrons. The maximum absolute atomic E-state index is 11.8. The molecule has 1 fully saturated rings. The number of aromatic nitrogens is 2. The van der Waals surface area contributed by atoms with Crippen LogP contribution in [0.5, 0.6) is 0 Å². The molecule has 0 unspecified atom stereocenters. The highest BCUT2D eigenvalue weighted by molar-refractivity contribution is 5.80. The van der Waals surface area contributed by atoms with Gasteiger partial charge < -0.3 is 9.26 Å². The van der Waals surface area contributed by atoms with Crippen LogP contribution in [0.15, 0.2) is 4.52 Å². The van der Waals surface area contributed by atoms with E-state index in [0.29, 0.717) is 24.2 Å². The highest BCUT2D eigenvalue weighted by Crippen LogP contribution is 2.32. The number of nitrogens with zero attached hydrogens (tertiary/aromatic N) is 2. The van der Waals surface area contributed by atoms with Gasteiger partial charge in [-0.15, -0.1) is 0 Å². The zero-order chi connectivity index (χ0) is 12.5. The van der Waals surface area contributed by atoms with Gasteiger partial charge in [-0.05, 0) is 39.5 Å². The van der Waals surface area contributed by atoms with Crippen LogP contribution in [0.4, 0.5) is 0 Å². The Kier molecular flexibility index (Phi) is 3.17. The molecule has 1 aromatic heterocycles. The van der Waals surface area contributed by atoms with Crippen LogP contribution in [-0.4, -0.2) is 22.7 Å². The lowest BCUT2D eigenvalue weighted by atomic mass is 9.94. The normalized spacial score (nSPS) is 15.9. The molecule has 17 heavy (non-hydrogen) atoms. The summed E-state index contributed by atoms with van der Waals surface area (Å²) in [5, 5.41) is 3.91. The predicted molar refractivity (Wildman–Crippen MR) is 60.4 cm³/mol. The molecule has 0 spiro atoms. The average molecular weight is 238 g/mol. The average Bonchev–Trinajstić information content (AvgIpc) is 2.94. The van der Waals surface area contributed by atoms with E-state index in [1.165, 1.54) is 12.8 Å². The molecule has 5 nitrogen and oxygen atoms in total. The second-order valence-corrected chi connectivity index (χ2v) is 5.01. The van der Waals surface area contributed by atoms with Gasteiger partial charge in [0.2, 0.25) is 5.89 Å². The van der Waals surface area contributed by atoms with Crippen molar-refractivity contribution in [2.75, 3.05) is 6.61 Å². The molecule has 5 heteroatoms. The van der Waals surface area contributed by atoms with E-state index in [9.17, 15) is 4.79 Å². The third-order valence-corrected chi connectivity index (χ3v) is 2.96. The summed E-state index contributed by atoms with van der Waals surface area (Å²) in [4.78, 5) is 16.0. The van der Waals surface area contributed by atoms with Crippen LogP contribution in [0.1, 0.15) is 45.3 Å². The molecule has 0 amide bonds. The molecule has 1 heterocycles. The summed E-state index contributed by atoms with van der Waals surface area (Å²) < 4.78 is 10.2. The molecule has 0 atom stereocenters. The van der Waals surface area contributed by atoms with Gasteiger partial charge in [0.25, 0.3) is 0 Å². The van der Waals surface area contributed by atoms with Crippen molar-refractivity contribution in [2.45, 2.75) is 45.4 Å². The molecule has 2 rings (SSSR count). The highest BCUT2D eigenvalue weighted by atomic mass is 16.5. The summed E-state index contributed by atoms with van der Waals surface area (Å²) in [6.45, 7) is 5.60. The van der Waals surface area contributed by atoms with Gasteiger partial charge in [0.05, 0.1) is 6.61 Å². The SMILES string of the molecule is CCOC(=O)C(C)(C)c1nc(CC2CC2)no1. The number of hydrogen-bond donors (Lipinski definition) is 0. The van der Waals surface area contributed by atoms with Gasteiger partial charge in [-0.1, -0.05) is 5.16 Å². The van der Waals surface area contributed by atoms with Gasteiger partial charge in [0.15, 0.2) is 5.82 Å². The minimum atomic E-state index is -0.870. The molecule has 0 aliphatic heterocycles. The Morgan fingerprint density at radius 1 is 1.53 bits per heavy atom. The van der Waals surface area contributed by atoms with Crippen LogP contribution in [-0.2, 0) is 21.4 Å². The van der Waals surface area contributed by atoms with Crippen LogP contribution in [0.2, 0.25) is 0 Å². The molecule has 0 bridgehead atoms. The first-order valence-corrected chi connectivity index (χ1v) is 6.04. The lowest BCUT2D eigenvalue weighted by Gasteiger charge is -2.16. The number of ether oxygens (including phenoxy) is 1. The number of carbonyl (C=O) groups is 1. The minimum absolute atomic E-state index is 0.332. The Balaban J connectivity index is 2.08. The van der Waals surface area contributed by atoms with E-state index in [4.69, 9.17) is 9.26 Å². The standard InChI is InChI=1S/C12H18N2O3/c1-4-16-11(15)12(2,3)10-13-9(14-17-10)7-8-5-6-8/h8H,4-7H2,1-3H3. The van der Waals surface area contributed by atoms with Crippen LogP contribution >= 0.6 is 0 Å². The smallest absolute Gasteiger partial charge is 0.321 e. The second-order valence-electron chi connectivity index (χ2n) is 5.01. The van der Waals surface area contributed by atoms with E-state index in [1.807, 2.05) is 0 Å². The van der Waals surface area contributed by atoms with Crippen LogP contribution in [0.25, 0.3) is 0 Å². The minimum Gasteiger partial charge on any atom is -0.465 e. The van der Waals surface area contributed by atoms with Crippen molar-refractivity contribution >= 4 is 5.97 Å². The topological polar surface area (TPSA) is 65.2 Å². The third-order valence-electron chi connectivity index (χ3n) is 2.96. The molecular weight excluding hydrogens is 220 g/mol. The largest absolute Gasteiger partial charge is 0.465 e. The molecule has 0 saturated heterocycles. The molecule has 1 aliphatic carbocycles. The Morgan fingerprint density at radius 2 is 2.24 bits per heavy atom. The van der Waals surface area contributed by atoms with E-state index < -0.39 is 5.41 Å². The lowest BCUT2D eigenvalue weighted by Crippen LogP contribution is -2.31. The number of esters is 1. The predicted octanol–water partition coefficient (Wildman–Crippen LogP) is 1.86. The number of carbonyl (C=O) groups excluding carboxylic acids is 1. The molecular formula is C12H18N2O3. The Hall–Kier alpha value is -1.39. The Morgan fingerprint density at radius 3 is 2.82 bits per heavy atom. The molecule has 0 aromatic carbocycles. The second kappa shape index (κ2) is 4.47. The summed E-state index contributed by atoms with van der Waals surface area (Å²) in [5.41, 5.74) is -0.870. The maximum atomic E-state index is 11.8. The Labute approximate surface area is 101 Å². The lowest BCUT2D eigenvalue weighted by molar-refractivity contribution is -0.149. The number of hydrogen-bond acceptors (Lipinski definition) is 5. The van der Waals surface area contributed by atoms with Crippen molar-refractivity contribution in [3.63, 3.8) is 0 Å². The zero-order valence-electron chi connectivity index (χ0n) is 10.5. The molecule has 0 N–H and O–H groups in total. The molecule has 94 valence electrons. The fraction of sp³-hybridized carbons (Fsp3) is 0.750. The molecule has 1 saturated carbocycles. The van der Waals surface area contributed by atoms with Crippen molar-refractivity contribution in [3.05, 3.63) is 11.7 Å². The van der Waals surface area contributed by atoms with Gasteiger partial charge in [-0.25, -0.2) is 0 Å². The van der Waals surface area contributed by atoms with E-state index in [-0.39, 0.29) is 5.97 Å². The van der Waals surface area contributed by atoms with Crippen molar-refractivity contribution in [1.29, 1.82) is 0 Å². The van der Waals surface area contributed by atoms with Crippen molar-refractivity contribution in [2.24, 2.45) is 5.92 Å². The summed E-state index contributed by atoms with van der Waals surface area (Å²) in [6.07, 6.45) is 3.33. The van der Waals surface area contributed by atoms with Crippen molar-refractivity contribution in [1.82, 2.24) is 10.1 Å². The first-order chi connectivity index (χ1) is 8.04. The van der Waals surface area contributed by atoms with E-state index in [1.54, 1.807) is 20.8 Å². The quantitative estimate of drug-likeness (QED) is 0.732. The van der Waals surface area contributed by atoms with Gasteiger partial charge in [-0.2, -0.15) is 4.98 Å². The fourth-order valence-electron chi connectivity index (χ4n) is 1.57. The van der Waals surface area contributed by atoms with Gasteiger partial charge in [0, 0.05) is 6.42 Å². The Bertz CT molecular complexity index is 408. The van der Waals surface area contributed by atoms with E-state index in [2.05, 4.69) is 10.1 Å². The van der Waals surface area contributed by atoms with E-state index in [0.717, 1.165) is 6.42 Å². The van der Waals surface area contributed by atoms with Crippen LogP contribution in [0.3, 0.4) is 0 Å². The molecule has 1 aliphatic rings. The first kappa shape index (κ1) is 12.1. The fourth-order valence-corrected chi connectivity index (χ4v) is 1.57.